The Balaban J connectivity index is 1.50. The van der Waals surface area contributed by atoms with Gasteiger partial charge in [0.15, 0.2) is 5.16 Å². The molecule has 1 atom stereocenters. The third-order valence-corrected chi connectivity index (χ3v) is 7.34. The predicted molar refractivity (Wildman–Crippen MR) is 115 cm³/mol. The topological polar surface area (TPSA) is 74.8 Å². The van der Waals surface area contributed by atoms with Crippen molar-refractivity contribution in [1.82, 2.24) is 9.97 Å². The number of benzene rings is 1. The largest absolute Gasteiger partial charge is 0.324 e. The average Bonchev–Trinajstić information content (AvgIpc) is 2.99. The first kappa shape index (κ1) is 18.7. The van der Waals surface area contributed by atoms with Gasteiger partial charge in [-0.05, 0) is 58.8 Å². The van der Waals surface area contributed by atoms with E-state index in [4.69, 9.17) is 0 Å². The Hall–Kier alpha value is -1.64. The number of rotatable bonds is 4. The predicted octanol–water partition coefficient (Wildman–Crippen LogP) is 4.60. The summed E-state index contributed by atoms with van der Waals surface area (Å²) in [6.45, 7) is 2.25. The number of aromatic nitrogens is 2. The molecule has 8 heteroatoms. The van der Waals surface area contributed by atoms with Crippen LogP contribution in [-0.2, 0) is 17.6 Å². The van der Waals surface area contributed by atoms with Crippen LogP contribution in [0.1, 0.15) is 23.8 Å². The van der Waals surface area contributed by atoms with Crippen molar-refractivity contribution >= 4 is 60.8 Å². The summed E-state index contributed by atoms with van der Waals surface area (Å²) in [5.74, 6) is 0.686. The van der Waals surface area contributed by atoms with Crippen LogP contribution in [0.3, 0.4) is 0 Å². The highest BCUT2D eigenvalue weighted by Crippen LogP contribution is 2.36. The number of carbonyl (C=O) groups is 1. The number of carbonyl (C=O) groups excluding carboxylic acids is 1. The molecule has 2 heterocycles. The zero-order chi connectivity index (χ0) is 19.0. The second-order valence-corrected chi connectivity index (χ2v) is 9.62. The highest BCUT2D eigenvalue weighted by molar-refractivity contribution is 9.10. The van der Waals surface area contributed by atoms with Gasteiger partial charge in [0, 0.05) is 9.35 Å². The van der Waals surface area contributed by atoms with E-state index in [1.807, 2.05) is 24.3 Å². The van der Waals surface area contributed by atoms with Gasteiger partial charge >= 0.3 is 0 Å². The Morgan fingerprint density at radius 3 is 3.07 bits per heavy atom. The quantitative estimate of drug-likeness (QED) is 0.437. The lowest BCUT2D eigenvalue weighted by Gasteiger charge is -2.17. The Kier molecular flexibility index (Phi) is 5.39. The lowest BCUT2D eigenvalue weighted by atomic mass is 9.89. The van der Waals surface area contributed by atoms with Crippen molar-refractivity contribution in [2.24, 2.45) is 5.92 Å². The highest BCUT2D eigenvalue weighted by atomic mass is 79.9. The molecule has 4 rings (SSSR count). The molecule has 0 aliphatic heterocycles. The molecule has 1 unspecified atom stereocenters. The summed E-state index contributed by atoms with van der Waals surface area (Å²) in [6, 6.07) is 7.45. The second kappa shape index (κ2) is 7.77. The molecule has 140 valence electrons. The molecule has 2 N–H and O–H groups in total. The van der Waals surface area contributed by atoms with E-state index in [2.05, 4.69) is 38.1 Å². The van der Waals surface area contributed by atoms with Crippen LogP contribution in [-0.4, -0.2) is 21.6 Å². The molecule has 5 nitrogen and oxygen atoms in total. The van der Waals surface area contributed by atoms with Crippen LogP contribution < -0.4 is 10.9 Å². The van der Waals surface area contributed by atoms with Crippen LogP contribution in [0.25, 0.3) is 10.2 Å². The number of fused-ring (bicyclic) bond motifs is 3. The minimum Gasteiger partial charge on any atom is -0.324 e. The number of halogens is 1. The number of nitrogens with one attached hydrogen (secondary N) is 2. The van der Waals surface area contributed by atoms with Gasteiger partial charge < -0.3 is 10.3 Å². The Morgan fingerprint density at radius 2 is 2.26 bits per heavy atom. The van der Waals surface area contributed by atoms with Gasteiger partial charge in [-0.3, -0.25) is 9.59 Å². The van der Waals surface area contributed by atoms with Crippen molar-refractivity contribution in [2.45, 2.75) is 31.3 Å². The summed E-state index contributed by atoms with van der Waals surface area (Å²) in [6.07, 6.45) is 3.08. The molecule has 2 aromatic heterocycles. The summed E-state index contributed by atoms with van der Waals surface area (Å²) in [5.41, 5.74) is 1.80. The first-order chi connectivity index (χ1) is 13.0. The van der Waals surface area contributed by atoms with Crippen molar-refractivity contribution in [3.8, 4) is 0 Å². The zero-order valence-corrected chi connectivity index (χ0v) is 17.9. The SMILES string of the molecule is CC1CCc2c(sc3nc(SCC(=O)Nc4ccccc4Br)[nH]c(=O)c23)C1. The number of aromatic amines is 1. The zero-order valence-electron chi connectivity index (χ0n) is 14.7. The Morgan fingerprint density at radius 1 is 1.44 bits per heavy atom. The molecule has 1 aliphatic carbocycles. The van der Waals surface area contributed by atoms with Gasteiger partial charge in [0.1, 0.15) is 4.83 Å². The molecule has 1 aliphatic rings. The molecule has 0 saturated carbocycles. The van der Waals surface area contributed by atoms with Gasteiger partial charge in [-0.2, -0.15) is 0 Å². The maximum Gasteiger partial charge on any atom is 0.260 e. The summed E-state index contributed by atoms with van der Waals surface area (Å²) in [5, 5.41) is 4.08. The number of nitrogens with zero attached hydrogens (tertiary/aromatic N) is 1. The fraction of sp³-hybridized carbons (Fsp3) is 0.316. The molecular weight excluding hydrogens is 446 g/mol. The molecule has 0 bridgehead atoms. The number of hydrogen-bond acceptors (Lipinski definition) is 5. The van der Waals surface area contributed by atoms with E-state index >= 15 is 0 Å². The number of amides is 1. The molecule has 27 heavy (non-hydrogen) atoms. The molecule has 0 radical (unpaired) electrons. The minimum atomic E-state index is -0.144. The summed E-state index contributed by atoms with van der Waals surface area (Å²) < 4.78 is 0.828. The standard InChI is InChI=1S/C19H18BrN3O2S2/c1-10-6-7-11-14(8-10)27-18-16(11)17(25)22-19(23-18)26-9-15(24)21-13-5-3-2-4-12(13)20/h2-5,10H,6-9H2,1H3,(H,21,24)(H,22,23,25). The van der Waals surface area contributed by atoms with Crippen LogP contribution in [0.5, 0.6) is 0 Å². The number of anilines is 1. The fourth-order valence-corrected chi connectivity index (χ4v) is 5.77. The molecule has 0 fully saturated rings. The third-order valence-electron chi connectivity index (χ3n) is 4.63. The van der Waals surface area contributed by atoms with E-state index in [1.54, 1.807) is 11.3 Å². The second-order valence-electron chi connectivity index (χ2n) is 6.72. The molecule has 3 aromatic rings. The number of hydrogen-bond donors (Lipinski definition) is 2. The van der Waals surface area contributed by atoms with E-state index in [-0.39, 0.29) is 17.2 Å². The van der Waals surface area contributed by atoms with Gasteiger partial charge in [-0.25, -0.2) is 4.98 Å². The van der Waals surface area contributed by atoms with Gasteiger partial charge in [0.2, 0.25) is 5.91 Å². The monoisotopic (exact) mass is 463 g/mol. The van der Waals surface area contributed by atoms with Gasteiger partial charge in [-0.15, -0.1) is 11.3 Å². The van der Waals surface area contributed by atoms with Crippen molar-refractivity contribution in [2.75, 3.05) is 11.1 Å². The van der Waals surface area contributed by atoms with Crippen molar-refractivity contribution < 1.29 is 4.79 Å². The lowest BCUT2D eigenvalue weighted by molar-refractivity contribution is -0.113. The summed E-state index contributed by atoms with van der Waals surface area (Å²) in [4.78, 5) is 34.3. The smallest absolute Gasteiger partial charge is 0.260 e. The molecule has 0 saturated heterocycles. The number of aryl methyl sites for hydroxylation is 1. The number of para-hydroxylation sites is 1. The van der Waals surface area contributed by atoms with E-state index < -0.39 is 0 Å². The first-order valence-corrected chi connectivity index (χ1v) is 11.3. The van der Waals surface area contributed by atoms with Crippen LogP contribution in [0.4, 0.5) is 5.69 Å². The minimum absolute atomic E-state index is 0.0965. The van der Waals surface area contributed by atoms with E-state index in [9.17, 15) is 9.59 Å². The highest BCUT2D eigenvalue weighted by Gasteiger charge is 2.23. The van der Waals surface area contributed by atoms with E-state index in [0.29, 0.717) is 11.1 Å². The number of thiophene rings is 1. The number of H-pyrrole nitrogens is 1. The normalized spacial score (nSPS) is 16.3. The summed E-state index contributed by atoms with van der Waals surface area (Å²) in [7, 11) is 0. The molecule has 0 spiro atoms. The maximum absolute atomic E-state index is 12.6. The Labute approximate surface area is 173 Å². The molecular formula is C19H18BrN3O2S2. The average molecular weight is 464 g/mol. The third kappa shape index (κ3) is 3.97. The van der Waals surface area contributed by atoms with E-state index in [0.717, 1.165) is 39.6 Å². The van der Waals surface area contributed by atoms with Gasteiger partial charge in [-0.1, -0.05) is 30.8 Å². The first-order valence-electron chi connectivity index (χ1n) is 8.73. The van der Waals surface area contributed by atoms with Crippen LogP contribution >= 0.6 is 39.0 Å². The van der Waals surface area contributed by atoms with Gasteiger partial charge in [0.05, 0.1) is 16.8 Å². The number of thioether (sulfide) groups is 1. The van der Waals surface area contributed by atoms with E-state index in [1.165, 1.54) is 22.2 Å². The van der Waals surface area contributed by atoms with Gasteiger partial charge in [0.25, 0.3) is 5.56 Å². The van der Waals surface area contributed by atoms with Crippen molar-refractivity contribution in [3.05, 3.63) is 49.5 Å². The van der Waals surface area contributed by atoms with Crippen LogP contribution in [0.2, 0.25) is 0 Å². The summed E-state index contributed by atoms with van der Waals surface area (Å²) >= 11 is 6.27. The maximum atomic E-state index is 12.6. The lowest BCUT2D eigenvalue weighted by Crippen LogP contribution is -2.16. The Bertz CT molecular complexity index is 1080. The van der Waals surface area contributed by atoms with Crippen LogP contribution in [0, 0.1) is 5.92 Å². The van der Waals surface area contributed by atoms with Crippen molar-refractivity contribution in [3.63, 3.8) is 0 Å². The van der Waals surface area contributed by atoms with Crippen molar-refractivity contribution in [1.29, 1.82) is 0 Å². The molecule has 1 amide bonds. The molecule has 1 aromatic carbocycles. The fourth-order valence-electron chi connectivity index (χ4n) is 3.28. The van der Waals surface area contributed by atoms with Crippen LogP contribution in [0.15, 0.2) is 38.7 Å².